The minimum atomic E-state index is 0.198. The molecule has 2 aromatic heterocycles. The molecule has 0 bridgehead atoms. The fraction of sp³-hybridized carbons (Fsp3) is 0.261. The Hall–Kier alpha value is -3.12. The lowest BCUT2D eigenvalue weighted by Crippen LogP contribution is -2.24. The molecule has 0 spiro atoms. The van der Waals surface area contributed by atoms with Gasteiger partial charge in [0.2, 0.25) is 11.2 Å². The molecule has 0 amide bonds. The highest BCUT2D eigenvalue weighted by molar-refractivity contribution is 6.28. The van der Waals surface area contributed by atoms with Crippen molar-refractivity contribution in [3.8, 4) is 22.8 Å². The minimum absolute atomic E-state index is 0.198. The smallest absolute Gasteiger partial charge is 0.246 e. The van der Waals surface area contributed by atoms with Gasteiger partial charge in [0.15, 0.2) is 5.65 Å². The molecule has 0 aliphatic rings. The first-order valence-corrected chi connectivity index (χ1v) is 10.6. The van der Waals surface area contributed by atoms with Crippen LogP contribution in [0.3, 0.4) is 0 Å². The molecule has 0 fully saturated rings. The highest BCUT2D eigenvalue weighted by atomic mass is 35.5. The quantitative estimate of drug-likeness (QED) is 0.356. The van der Waals surface area contributed by atoms with Crippen molar-refractivity contribution in [2.24, 2.45) is 0 Å². The molecule has 154 valence electrons. The fourth-order valence-electron chi connectivity index (χ4n) is 3.47. The first-order chi connectivity index (χ1) is 14.7. The summed E-state index contributed by atoms with van der Waals surface area (Å²) in [4.78, 5) is 2.41. The number of ether oxygens (including phenoxy) is 1. The van der Waals surface area contributed by atoms with Crippen LogP contribution in [0.1, 0.15) is 26.7 Å². The van der Waals surface area contributed by atoms with Crippen LogP contribution < -0.4 is 9.64 Å². The van der Waals surface area contributed by atoms with Crippen molar-refractivity contribution in [1.82, 2.24) is 19.8 Å². The maximum Gasteiger partial charge on any atom is 0.246 e. The maximum atomic E-state index is 6.19. The zero-order valence-electron chi connectivity index (χ0n) is 17.1. The Balaban J connectivity index is 1.74. The van der Waals surface area contributed by atoms with Gasteiger partial charge in [0, 0.05) is 30.4 Å². The number of nitrogens with zero attached hydrogens (tertiary/aromatic N) is 5. The van der Waals surface area contributed by atoms with Crippen LogP contribution in [0.4, 0.5) is 5.69 Å². The minimum Gasteiger partial charge on any atom is -0.437 e. The van der Waals surface area contributed by atoms with Crippen LogP contribution in [0.5, 0.6) is 11.6 Å². The molecule has 6 nitrogen and oxygen atoms in total. The lowest BCUT2D eigenvalue weighted by molar-refractivity contribution is 0.454. The molecule has 4 aromatic rings. The summed E-state index contributed by atoms with van der Waals surface area (Å²) in [5.41, 5.74) is 3.86. The number of hydrogen-bond donors (Lipinski definition) is 0. The predicted molar refractivity (Wildman–Crippen MR) is 121 cm³/mol. The van der Waals surface area contributed by atoms with Gasteiger partial charge in [0.05, 0.1) is 0 Å². The molecule has 0 radical (unpaired) electrons. The molecule has 0 N–H and O–H groups in total. The average molecular weight is 422 g/mol. The molecule has 4 rings (SSSR count). The number of anilines is 1. The first-order valence-electron chi connectivity index (χ1n) is 10.2. The molecule has 0 aliphatic carbocycles. The second-order valence-corrected chi connectivity index (χ2v) is 7.38. The van der Waals surface area contributed by atoms with Gasteiger partial charge in [-0.2, -0.15) is 4.52 Å². The molecule has 2 aromatic carbocycles. The standard InChI is InChI=1S/C23H24ClN5O/c1-3-14-28(15-4-2)18-10-11-20(19(16-18)17-8-6-5-7-9-17)30-22-13-12-21-25-26-23(24)29(21)27-22/h5-13,16H,3-4,14-15H2,1-2H3. The van der Waals surface area contributed by atoms with Crippen molar-refractivity contribution in [3.05, 3.63) is 65.9 Å². The van der Waals surface area contributed by atoms with Gasteiger partial charge in [-0.05, 0) is 54.3 Å². The molecule has 0 unspecified atom stereocenters. The van der Waals surface area contributed by atoms with E-state index in [4.69, 9.17) is 16.3 Å². The SMILES string of the molecule is CCCN(CCC)c1ccc(Oc2ccc3nnc(Cl)n3n2)c(-c2ccccc2)c1. The second-order valence-electron chi connectivity index (χ2n) is 7.05. The molecule has 0 atom stereocenters. The van der Waals surface area contributed by atoms with Crippen molar-refractivity contribution in [1.29, 1.82) is 0 Å². The third-order valence-electron chi connectivity index (χ3n) is 4.81. The highest BCUT2D eigenvalue weighted by Gasteiger charge is 2.14. The van der Waals surface area contributed by atoms with Crippen molar-refractivity contribution < 1.29 is 4.74 Å². The summed E-state index contributed by atoms with van der Waals surface area (Å²) in [7, 11) is 0. The Morgan fingerprint density at radius 1 is 0.933 bits per heavy atom. The molecule has 7 heteroatoms. The maximum absolute atomic E-state index is 6.19. The molecule has 2 heterocycles. The van der Waals surface area contributed by atoms with E-state index in [2.05, 4.69) is 58.3 Å². The van der Waals surface area contributed by atoms with Crippen LogP contribution in [-0.4, -0.2) is 32.9 Å². The van der Waals surface area contributed by atoms with Crippen molar-refractivity contribution in [3.63, 3.8) is 0 Å². The van der Waals surface area contributed by atoms with Crippen LogP contribution in [0, 0.1) is 0 Å². The van der Waals surface area contributed by atoms with Crippen molar-refractivity contribution in [2.45, 2.75) is 26.7 Å². The van der Waals surface area contributed by atoms with Crippen LogP contribution in [0.2, 0.25) is 5.28 Å². The van der Waals surface area contributed by atoms with Gasteiger partial charge in [-0.25, -0.2) is 0 Å². The third kappa shape index (κ3) is 4.24. The summed E-state index contributed by atoms with van der Waals surface area (Å²) in [6.07, 6.45) is 2.20. The van der Waals surface area contributed by atoms with E-state index in [1.165, 1.54) is 10.2 Å². The molecular formula is C23H24ClN5O. The van der Waals surface area contributed by atoms with Gasteiger partial charge in [-0.15, -0.1) is 15.3 Å². The zero-order chi connectivity index (χ0) is 20.9. The molecular weight excluding hydrogens is 398 g/mol. The van der Waals surface area contributed by atoms with E-state index >= 15 is 0 Å². The zero-order valence-corrected chi connectivity index (χ0v) is 17.9. The summed E-state index contributed by atoms with van der Waals surface area (Å²) in [6, 6.07) is 20.1. The summed E-state index contributed by atoms with van der Waals surface area (Å²) in [5.74, 6) is 1.15. The Bertz CT molecular complexity index is 1120. The number of benzene rings is 2. The van der Waals surface area contributed by atoms with Crippen LogP contribution in [0.25, 0.3) is 16.8 Å². The van der Waals surface area contributed by atoms with Crippen LogP contribution in [-0.2, 0) is 0 Å². The van der Waals surface area contributed by atoms with E-state index in [0.717, 1.165) is 42.8 Å². The Morgan fingerprint density at radius 2 is 1.70 bits per heavy atom. The van der Waals surface area contributed by atoms with Crippen LogP contribution in [0.15, 0.2) is 60.7 Å². The van der Waals surface area contributed by atoms with Gasteiger partial charge in [0.25, 0.3) is 0 Å². The van der Waals surface area contributed by atoms with Gasteiger partial charge < -0.3 is 9.64 Å². The van der Waals surface area contributed by atoms with Gasteiger partial charge in [0.1, 0.15) is 5.75 Å². The normalized spacial score (nSPS) is 11.0. The monoisotopic (exact) mass is 421 g/mol. The van der Waals surface area contributed by atoms with E-state index in [-0.39, 0.29) is 5.28 Å². The average Bonchev–Trinajstić information content (AvgIpc) is 3.15. The highest BCUT2D eigenvalue weighted by Crippen LogP contribution is 2.36. The summed E-state index contributed by atoms with van der Waals surface area (Å²) in [6.45, 7) is 6.45. The first kappa shape index (κ1) is 20.2. The summed E-state index contributed by atoms with van der Waals surface area (Å²) in [5, 5.41) is 12.4. The van der Waals surface area contributed by atoms with Crippen molar-refractivity contribution in [2.75, 3.05) is 18.0 Å². The molecule has 0 saturated carbocycles. The summed E-state index contributed by atoms with van der Waals surface area (Å²) < 4.78 is 7.64. The van der Waals surface area contributed by atoms with Crippen molar-refractivity contribution >= 4 is 22.9 Å². The number of fused-ring (bicyclic) bond motifs is 1. The van der Waals surface area contributed by atoms with Gasteiger partial charge >= 0.3 is 0 Å². The summed E-state index contributed by atoms with van der Waals surface area (Å²) >= 11 is 6.06. The largest absolute Gasteiger partial charge is 0.437 e. The third-order valence-corrected chi connectivity index (χ3v) is 5.05. The predicted octanol–water partition coefficient (Wildman–Crippen LogP) is 5.86. The Morgan fingerprint density at radius 3 is 2.43 bits per heavy atom. The van der Waals surface area contributed by atoms with E-state index < -0.39 is 0 Å². The Labute approximate surface area is 181 Å². The van der Waals surface area contributed by atoms with Crippen LogP contribution >= 0.6 is 11.6 Å². The molecule has 30 heavy (non-hydrogen) atoms. The number of halogens is 1. The van der Waals surface area contributed by atoms with E-state index in [9.17, 15) is 0 Å². The number of rotatable bonds is 8. The van der Waals surface area contributed by atoms with Gasteiger partial charge in [-0.1, -0.05) is 44.2 Å². The van der Waals surface area contributed by atoms with E-state index in [1.54, 1.807) is 12.1 Å². The lowest BCUT2D eigenvalue weighted by atomic mass is 10.0. The second kappa shape index (κ2) is 9.13. The van der Waals surface area contributed by atoms with Gasteiger partial charge in [-0.3, -0.25) is 0 Å². The van der Waals surface area contributed by atoms with E-state index in [1.807, 2.05) is 24.3 Å². The number of hydrogen-bond acceptors (Lipinski definition) is 5. The van der Waals surface area contributed by atoms with E-state index in [0.29, 0.717) is 11.5 Å². The fourth-order valence-corrected chi connectivity index (χ4v) is 3.63. The Kier molecular flexibility index (Phi) is 6.14. The molecule has 0 aliphatic heterocycles. The molecule has 0 saturated heterocycles. The number of aromatic nitrogens is 4. The lowest BCUT2D eigenvalue weighted by Gasteiger charge is -2.25. The topological polar surface area (TPSA) is 55.5 Å².